The van der Waals surface area contributed by atoms with E-state index in [0.29, 0.717) is 11.3 Å². The van der Waals surface area contributed by atoms with Gasteiger partial charge in [-0.2, -0.15) is 0 Å². The number of pyridine rings is 1. The van der Waals surface area contributed by atoms with Gasteiger partial charge in [-0.15, -0.1) is 0 Å². The number of nitrogens with zero attached hydrogens (tertiary/aromatic N) is 1. The number of carbonyl (C=O) groups excluding carboxylic acids is 2. The van der Waals surface area contributed by atoms with E-state index >= 15 is 0 Å². The number of esters is 2. The fourth-order valence-electron chi connectivity index (χ4n) is 1.20. The minimum Gasteiger partial charge on any atom is -0.466 e. The van der Waals surface area contributed by atoms with Gasteiger partial charge in [-0.1, -0.05) is 0 Å². The molecule has 0 saturated heterocycles. The van der Waals surface area contributed by atoms with E-state index in [4.69, 9.17) is 0 Å². The molecule has 0 aliphatic heterocycles. The summed E-state index contributed by atoms with van der Waals surface area (Å²) in [7, 11) is 2.56. The van der Waals surface area contributed by atoms with Gasteiger partial charge in [-0.05, 0) is 25.1 Å². The van der Waals surface area contributed by atoms with Crippen LogP contribution >= 0.6 is 0 Å². The molecule has 5 nitrogen and oxygen atoms in total. The molecular weight excluding hydrogens is 222 g/mol. The molecule has 0 radical (unpaired) electrons. The van der Waals surface area contributed by atoms with Gasteiger partial charge in [0.25, 0.3) is 0 Å². The monoisotopic (exact) mass is 235 g/mol. The summed E-state index contributed by atoms with van der Waals surface area (Å²) in [5, 5.41) is 0. The largest absolute Gasteiger partial charge is 0.466 e. The van der Waals surface area contributed by atoms with E-state index in [2.05, 4.69) is 14.5 Å². The van der Waals surface area contributed by atoms with Gasteiger partial charge in [0, 0.05) is 11.8 Å². The first kappa shape index (κ1) is 12.9. The van der Waals surface area contributed by atoms with Crippen LogP contribution in [0.15, 0.2) is 18.2 Å². The summed E-state index contributed by atoms with van der Waals surface area (Å²) < 4.78 is 9.08. The molecule has 90 valence electrons. The Hall–Kier alpha value is -2.17. The van der Waals surface area contributed by atoms with Crippen LogP contribution in [0.3, 0.4) is 0 Å². The number of aryl methyl sites for hydroxylation is 1. The normalized spacial score (nSPS) is 10.3. The van der Waals surface area contributed by atoms with Gasteiger partial charge in [0.1, 0.15) is 0 Å². The highest BCUT2D eigenvalue weighted by Gasteiger charge is 2.11. The second kappa shape index (κ2) is 5.79. The third-order valence-corrected chi connectivity index (χ3v) is 2.05. The fourth-order valence-corrected chi connectivity index (χ4v) is 1.20. The van der Waals surface area contributed by atoms with Crippen molar-refractivity contribution in [1.82, 2.24) is 4.98 Å². The number of aromatic nitrogens is 1. The number of methoxy groups -OCH3 is 2. The second-order valence-corrected chi connectivity index (χ2v) is 3.23. The van der Waals surface area contributed by atoms with Crippen molar-refractivity contribution in [3.63, 3.8) is 0 Å². The topological polar surface area (TPSA) is 65.5 Å². The summed E-state index contributed by atoms with van der Waals surface area (Å²) in [6.45, 7) is 1.79. The quantitative estimate of drug-likeness (QED) is 0.584. The molecule has 0 aliphatic rings. The highest BCUT2D eigenvalue weighted by atomic mass is 16.5. The van der Waals surface area contributed by atoms with Crippen LogP contribution in [0, 0.1) is 6.92 Å². The standard InChI is InChI=1S/C12H13NO4/c1-8-4-5-9(12(15)17-3)10(13-8)6-7-11(14)16-2/h4-7H,1-3H3. The first-order valence-electron chi connectivity index (χ1n) is 4.90. The van der Waals surface area contributed by atoms with Gasteiger partial charge in [0.2, 0.25) is 0 Å². The van der Waals surface area contributed by atoms with Crippen LogP contribution in [-0.4, -0.2) is 31.1 Å². The summed E-state index contributed by atoms with van der Waals surface area (Å²) in [4.78, 5) is 26.6. The smallest absolute Gasteiger partial charge is 0.340 e. The van der Waals surface area contributed by atoms with Gasteiger partial charge < -0.3 is 9.47 Å². The highest BCUT2D eigenvalue weighted by molar-refractivity contribution is 5.95. The SMILES string of the molecule is COC(=O)C=Cc1nc(C)ccc1C(=O)OC. The molecule has 0 unspecified atom stereocenters. The first-order valence-corrected chi connectivity index (χ1v) is 4.90. The molecule has 1 rings (SSSR count). The zero-order valence-corrected chi connectivity index (χ0v) is 9.89. The van der Waals surface area contributed by atoms with Crippen LogP contribution in [0.25, 0.3) is 6.08 Å². The minimum absolute atomic E-state index is 0.304. The van der Waals surface area contributed by atoms with E-state index in [1.165, 1.54) is 26.4 Å². The van der Waals surface area contributed by atoms with Crippen LogP contribution in [0.4, 0.5) is 0 Å². The van der Waals surface area contributed by atoms with Crippen LogP contribution in [0.2, 0.25) is 0 Å². The Bertz CT molecular complexity index is 466. The molecule has 0 bridgehead atoms. The maximum atomic E-state index is 11.4. The molecule has 1 aromatic rings. The third kappa shape index (κ3) is 3.41. The zero-order chi connectivity index (χ0) is 12.8. The summed E-state index contributed by atoms with van der Waals surface area (Å²) >= 11 is 0. The van der Waals surface area contributed by atoms with E-state index in [-0.39, 0.29) is 0 Å². The van der Waals surface area contributed by atoms with Crippen molar-refractivity contribution in [2.24, 2.45) is 0 Å². The maximum Gasteiger partial charge on any atom is 0.340 e. The molecule has 0 fully saturated rings. The number of rotatable bonds is 3. The van der Waals surface area contributed by atoms with E-state index < -0.39 is 11.9 Å². The Morgan fingerprint density at radius 3 is 2.53 bits per heavy atom. The number of hydrogen-bond acceptors (Lipinski definition) is 5. The molecule has 0 saturated carbocycles. The Morgan fingerprint density at radius 2 is 1.94 bits per heavy atom. The summed E-state index contributed by atoms with van der Waals surface area (Å²) in [6, 6.07) is 3.30. The molecular formula is C12H13NO4. The van der Waals surface area contributed by atoms with Crippen LogP contribution < -0.4 is 0 Å². The van der Waals surface area contributed by atoms with E-state index in [0.717, 1.165) is 5.69 Å². The molecule has 0 spiro atoms. The molecule has 0 N–H and O–H groups in total. The van der Waals surface area contributed by atoms with Gasteiger partial charge in [-0.3, -0.25) is 4.98 Å². The Kier molecular flexibility index (Phi) is 4.39. The lowest BCUT2D eigenvalue weighted by atomic mass is 10.1. The third-order valence-electron chi connectivity index (χ3n) is 2.05. The van der Waals surface area contributed by atoms with Crippen molar-refractivity contribution in [1.29, 1.82) is 0 Å². The van der Waals surface area contributed by atoms with Crippen LogP contribution in [0.5, 0.6) is 0 Å². The second-order valence-electron chi connectivity index (χ2n) is 3.23. The lowest BCUT2D eigenvalue weighted by Gasteiger charge is -2.04. The van der Waals surface area contributed by atoms with Crippen LogP contribution in [-0.2, 0) is 14.3 Å². The fraction of sp³-hybridized carbons (Fsp3) is 0.250. The summed E-state index contributed by atoms with van der Waals surface area (Å²) in [6.07, 6.45) is 2.62. The molecule has 1 aromatic heterocycles. The van der Waals surface area contributed by atoms with E-state index in [1.54, 1.807) is 19.1 Å². The summed E-state index contributed by atoms with van der Waals surface area (Å²) in [5.74, 6) is -1.01. The lowest BCUT2D eigenvalue weighted by molar-refractivity contribution is -0.134. The average Bonchev–Trinajstić information content (AvgIpc) is 2.35. The Balaban J connectivity index is 3.11. The number of hydrogen-bond donors (Lipinski definition) is 0. The predicted molar refractivity (Wildman–Crippen MR) is 61.4 cm³/mol. The predicted octanol–water partition coefficient (Wildman–Crippen LogP) is 1.36. The van der Waals surface area contributed by atoms with Crippen LogP contribution in [0.1, 0.15) is 21.7 Å². The van der Waals surface area contributed by atoms with Gasteiger partial charge in [0.15, 0.2) is 0 Å². The van der Waals surface area contributed by atoms with E-state index in [1.807, 2.05) is 0 Å². The van der Waals surface area contributed by atoms with Crippen molar-refractivity contribution in [2.75, 3.05) is 14.2 Å². The average molecular weight is 235 g/mol. The van der Waals surface area contributed by atoms with Crippen molar-refractivity contribution >= 4 is 18.0 Å². The minimum atomic E-state index is -0.510. The Labute approximate surface area is 99.1 Å². The van der Waals surface area contributed by atoms with Gasteiger partial charge >= 0.3 is 11.9 Å². The van der Waals surface area contributed by atoms with Gasteiger partial charge in [-0.25, -0.2) is 9.59 Å². The molecule has 0 amide bonds. The molecule has 0 atom stereocenters. The first-order chi connectivity index (χ1) is 8.08. The zero-order valence-electron chi connectivity index (χ0n) is 9.89. The maximum absolute atomic E-state index is 11.4. The highest BCUT2D eigenvalue weighted by Crippen LogP contribution is 2.11. The van der Waals surface area contributed by atoms with E-state index in [9.17, 15) is 9.59 Å². The number of ether oxygens (including phenoxy) is 2. The Morgan fingerprint density at radius 1 is 1.24 bits per heavy atom. The molecule has 5 heteroatoms. The molecule has 1 heterocycles. The molecule has 0 aromatic carbocycles. The van der Waals surface area contributed by atoms with Crippen molar-refractivity contribution in [2.45, 2.75) is 6.92 Å². The summed E-state index contributed by atoms with van der Waals surface area (Å²) in [5.41, 5.74) is 1.42. The number of carbonyl (C=O) groups is 2. The molecule has 17 heavy (non-hydrogen) atoms. The molecule has 0 aliphatic carbocycles. The van der Waals surface area contributed by atoms with Crippen molar-refractivity contribution in [3.8, 4) is 0 Å². The lowest BCUT2D eigenvalue weighted by Crippen LogP contribution is -2.06. The van der Waals surface area contributed by atoms with Crippen molar-refractivity contribution in [3.05, 3.63) is 35.2 Å². The van der Waals surface area contributed by atoms with Crippen molar-refractivity contribution < 1.29 is 19.1 Å². The van der Waals surface area contributed by atoms with Gasteiger partial charge in [0.05, 0.1) is 25.5 Å².